The van der Waals surface area contributed by atoms with Gasteiger partial charge in [0.1, 0.15) is 13.3 Å². The quantitative estimate of drug-likeness (QED) is 0.709. The summed E-state index contributed by atoms with van der Waals surface area (Å²) in [6.45, 7) is 2.95. The van der Waals surface area contributed by atoms with E-state index in [1.165, 1.54) is 0 Å². The lowest BCUT2D eigenvalue weighted by Crippen LogP contribution is -2.44. The van der Waals surface area contributed by atoms with Crippen molar-refractivity contribution in [2.45, 2.75) is 31.7 Å². The van der Waals surface area contributed by atoms with E-state index in [9.17, 15) is 8.78 Å². The summed E-state index contributed by atoms with van der Waals surface area (Å²) >= 11 is 0. The van der Waals surface area contributed by atoms with Crippen LogP contribution in [0.3, 0.4) is 0 Å². The number of nitrogens with zero attached hydrogens (tertiary/aromatic N) is 1. The Morgan fingerprint density at radius 3 is 1.76 bits per heavy atom. The lowest BCUT2D eigenvalue weighted by molar-refractivity contribution is 0.0767. The Kier molecular flexibility index (Phi) is 10.1. The second-order valence-corrected chi connectivity index (χ2v) is 6.00. The van der Waals surface area contributed by atoms with Gasteiger partial charge in [0.15, 0.2) is 0 Å². The summed E-state index contributed by atoms with van der Waals surface area (Å²) in [5.74, 6) is 0.910. The normalized spacial score (nSPS) is 22.1. The molecule has 0 aromatic carbocycles. The van der Waals surface area contributed by atoms with E-state index in [1.807, 2.05) is 4.90 Å². The van der Waals surface area contributed by atoms with E-state index >= 15 is 0 Å². The third-order valence-corrected chi connectivity index (χ3v) is 4.50. The zero-order valence-electron chi connectivity index (χ0n) is 12.8. The molecule has 0 bridgehead atoms. The number of aliphatic hydroxyl groups excluding tert-OH is 2. The molecule has 0 radical (unpaired) electrons. The molecule has 0 aromatic heterocycles. The Morgan fingerprint density at radius 2 is 1.38 bits per heavy atom. The first-order chi connectivity index (χ1) is 10.2. The van der Waals surface area contributed by atoms with Gasteiger partial charge >= 0.3 is 0 Å². The highest BCUT2D eigenvalue weighted by Gasteiger charge is 2.24. The van der Waals surface area contributed by atoms with Crippen LogP contribution in [0, 0.1) is 11.8 Å². The Balaban J connectivity index is 0.000000235. The summed E-state index contributed by atoms with van der Waals surface area (Å²) < 4.78 is 24.6. The van der Waals surface area contributed by atoms with Gasteiger partial charge in [0.25, 0.3) is 0 Å². The number of hydrogen-bond donors (Lipinski definition) is 3. The van der Waals surface area contributed by atoms with Crippen LogP contribution in [0.25, 0.3) is 0 Å². The maximum absolute atomic E-state index is 12.3. The Labute approximate surface area is 126 Å². The molecule has 2 heterocycles. The molecule has 0 amide bonds. The third-order valence-electron chi connectivity index (χ3n) is 4.50. The average molecular weight is 308 g/mol. The van der Waals surface area contributed by atoms with E-state index in [2.05, 4.69) is 5.32 Å². The molecule has 6 heteroatoms. The summed E-state index contributed by atoms with van der Waals surface area (Å²) in [6, 6.07) is -0.556. The van der Waals surface area contributed by atoms with Crippen LogP contribution >= 0.6 is 0 Å². The van der Waals surface area contributed by atoms with Gasteiger partial charge in [0.2, 0.25) is 0 Å². The van der Waals surface area contributed by atoms with Crippen LogP contribution in [0.4, 0.5) is 8.78 Å². The van der Waals surface area contributed by atoms with Crippen molar-refractivity contribution in [2.75, 3.05) is 52.7 Å². The minimum Gasteiger partial charge on any atom is -0.396 e. The van der Waals surface area contributed by atoms with Gasteiger partial charge in [-0.3, -0.25) is 4.90 Å². The smallest absolute Gasteiger partial charge is 0.107 e. The molecule has 2 saturated heterocycles. The van der Waals surface area contributed by atoms with E-state index in [4.69, 9.17) is 10.2 Å². The molecule has 2 aliphatic heterocycles. The van der Waals surface area contributed by atoms with E-state index in [1.54, 1.807) is 0 Å². The molecular formula is C15H30F2N2O2. The zero-order chi connectivity index (χ0) is 15.5. The fourth-order valence-corrected chi connectivity index (χ4v) is 2.80. The van der Waals surface area contributed by atoms with Gasteiger partial charge in [-0.2, -0.15) is 0 Å². The van der Waals surface area contributed by atoms with Crippen molar-refractivity contribution >= 4 is 0 Å². The molecule has 0 spiro atoms. The van der Waals surface area contributed by atoms with Crippen molar-refractivity contribution in [1.82, 2.24) is 10.2 Å². The van der Waals surface area contributed by atoms with Crippen LogP contribution in [0.15, 0.2) is 0 Å². The van der Waals surface area contributed by atoms with Gasteiger partial charge < -0.3 is 15.5 Å². The van der Waals surface area contributed by atoms with E-state index in [-0.39, 0.29) is 6.61 Å². The molecule has 0 aromatic rings. The maximum atomic E-state index is 12.3. The lowest BCUT2D eigenvalue weighted by atomic mass is 9.97. The molecule has 21 heavy (non-hydrogen) atoms. The number of piperidine rings is 2. The highest BCUT2D eigenvalue weighted by molar-refractivity contribution is 4.77. The summed E-state index contributed by atoms with van der Waals surface area (Å²) in [5.41, 5.74) is 0. The number of aliphatic hydroxyl groups is 2. The third kappa shape index (κ3) is 7.00. The summed E-state index contributed by atoms with van der Waals surface area (Å²) in [6.07, 6.45) is 4.01. The van der Waals surface area contributed by atoms with Crippen molar-refractivity contribution in [3.8, 4) is 0 Å². The second kappa shape index (κ2) is 11.3. The summed E-state index contributed by atoms with van der Waals surface area (Å²) in [4.78, 5) is 1.84. The zero-order valence-corrected chi connectivity index (χ0v) is 12.8. The molecule has 0 aliphatic carbocycles. The first kappa shape index (κ1) is 18.7. The van der Waals surface area contributed by atoms with Gasteiger partial charge in [-0.05, 0) is 63.7 Å². The number of likely N-dealkylation sites (tertiary alicyclic amines) is 1. The molecular weight excluding hydrogens is 278 g/mol. The SMILES string of the molecule is OCC1CCN(C(CF)CF)CC1.OCC1CCNCC1. The van der Waals surface area contributed by atoms with Crippen molar-refractivity contribution in [3.63, 3.8) is 0 Å². The van der Waals surface area contributed by atoms with Crippen LogP contribution in [0.2, 0.25) is 0 Å². The largest absolute Gasteiger partial charge is 0.396 e. The number of alkyl halides is 2. The van der Waals surface area contributed by atoms with Gasteiger partial charge in [-0.1, -0.05) is 0 Å². The number of nitrogens with one attached hydrogen (secondary N) is 1. The van der Waals surface area contributed by atoms with Crippen LogP contribution in [-0.4, -0.2) is 73.9 Å². The van der Waals surface area contributed by atoms with E-state index in [0.29, 0.717) is 31.5 Å². The van der Waals surface area contributed by atoms with Gasteiger partial charge in [-0.25, -0.2) is 8.78 Å². The number of halogens is 2. The van der Waals surface area contributed by atoms with Crippen molar-refractivity contribution in [3.05, 3.63) is 0 Å². The number of hydrogen-bond acceptors (Lipinski definition) is 4. The Morgan fingerprint density at radius 1 is 0.905 bits per heavy atom. The second-order valence-electron chi connectivity index (χ2n) is 6.00. The predicted octanol–water partition coefficient (Wildman–Crippen LogP) is 0.977. The summed E-state index contributed by atoms with van der Waals surface area (Å²) in [7, 11) is 0. The van der Waals surface area contributed by atoms with Crippen LogP contribution in [0.1, 0.15) is 25.7 Å². The van der Waals surface area contributed by atoms with Crippen LogP contribution in [0.5, 0.6) is 0 Å². The first-order valence-corrected chi connectivity index (χ1v) is 8.03. The average Bonchev–Trinajstić information content (AvgIpc) is 2.58. The summed E-state index contributed by atoms with van der Waals surface area (Å²) in [5, 5.41) is 20.8. The van der Waals surface area contributed by atoms with Gasteiger partial charge in [-0.15, -0.1) is 0 Å². The minimum absolute atomic E-state index is 0.198. The Bertz CT molecular complexity index is 242. The molecule has 3 N–H and O–H groups in total. The monoisotopic (exact) mass is 308 g/mol. The molecule has 0 saturated carbocycles. The highest BCUT2D eigenvalue weighted by atomic mass is 19.1. The molecule has 0 unspecified atom stereocenters. The van der Waals surface area contributed by atoms with Crippen molar-refractivity contribution < 1.29 is 19.0 Å². The molecule has 126 valence electrons. The fraction of sp³-hybridized carbons (Fsp3) is 1.00. The van der Waals surface area contributed by atoms with Crippen LogP contribution < -0.4 is 5.32 Å². The number of rotatable bonds is 5. The topological polar surface area (TPSA) is 55.7 Å². The molecule has 2 fully saturated rings. The van der Waals surface area contributed by atoms with Crippen molar-refractivity contribution in [2.24, 2.45) is 11.8 Å². The predicted molar refractivity (Wildman–Crippen MR) is 79.8 cm³/mol. The van der Waals surface area contributed by atoms with Crippen LogP contribution in [-0.2, 0) is 0 Å². The van der Waals surface area contributed by atoms with Gasteiger partial charge in [0, 0.05) is 13.2 Å². The Hall–Kier alpha value is -0.300. The van der Waals surface area contributed by atoms with E-state index in [0.717, 1.165) is 38.8 Å². The lowest BCUT2D eigenvalue weighted by Gasteiger charge is -2.34. The standard InChI is InChI=1S/C9H17F2NO.C6H13NO/c10-5-9(6-11)12-3-1-8(7-13)2-4-12;8-5-6-1-3-7-4-2-6/h8-9,13H,1-7H2;6-8H,1-5H2. The first-order valence-electron chi connectivity index (χ1n) is 8.03. The molecule has 2 rings (SSSR count). The van der Waals surface area contributed by atoms with Gasteiger partial charge in [0.05, 0.1) is 6.04 Å². The minimum atomic E-state index is -0.611. The molecule has 2 aliphatic rings. The van der Waals surface area contributed by atoms with Crippen molar-refractivity contribution in [1.29, 1.82) is 0 Å². The van der Waals surface area contributed by atoms with E-state index < -0.39 is 19.4 Å². The maximum Gasteiger partial charge on any atom is 0.107 e. The fourth-order valence-electron chi connectivity index (χ4n) is 2.80. The highest BCUT2D eigenvalue weighted by Crippen LogP contribution is 2.18. The molecule has 4 nitrogen and oxygen atoms in total. The molecule has 0 atom stereocenters.